The SMILES string of the molecule is CCCNC(COCCOC)c1cc(Cl)ccc1Cl. The Morgan fingerprint density at radius 2 is 2.05 bits per heavy atom. The Morgan fingerprint density at radius 3 is 2.74 bits per heavy atom. The van der Waals surface area contributed by atoms with Crippen molar-refractivity contribution in [1.82, 2.24) is 5.32 Å². The number of hydrogen-bond donors (Lipinski definition) is 1. The summed E-state index contributed by atoms with van der Waals surface area (Å²) in [6.45, 7) is 4.72. The van der Waals surface area contributed by atoms with Gasteiger partial charge in [-0.15, -0.1) is 0 Å². The highest BCUT2D eigenvalue weighted by molar-refractivity contribution is 6.33. The summed E-state index contributed by atoms with van der Waals surface area (Å²) in [7, 11) is 1.66. The van der Waals surface area contributed by atoms with Crippen molar-refractivity contribution >= 4 is 23.2 Å². The molecule has 1 atom stereocenters. The number of halogens is 2. The van der Waals surface area contributed by atoms with Crippen molar-refractivity contribution in [3.05, 3.63) is 33.8 Å². The van der Waals surface area contributed by atoms with Gasteiger partial charge in [-0.3, -0.25) is 0 Å². The van der Waals surface area contributed by atoms with Crippen LogP contribution >= 0.6 is 23.2 Å². The summed E-state index contributed by atoms with van der Waals surface area (Å²) in [6.07, 6.45) is 1.05. The first-order chi connectivity index (χ1) is 9.19. The van der Waals surface area contributed by atoms with E-state index in [4.69, 9.17) is 32.7 Å². The maximum absolute atomic E-state index is 6.23. The van der Waals surface area contributed by atoms with Crippen LogP contribution in [-0.2, 0) is 9.47 Å². The van der Waals surface area contributed by atoms with Crippen LogP contribution in [0.15, 0.2) is 18.2 Å². The first kappa shape index (κ1) is 16.7. The molecule has 0 saturated carbocycles. The average Bonchev–Trinajstić information content (AvgIpc) is 2.41. The number of nitrogens with one attached hydrogen (secondary N) is 1. The van der Waals surface area contributed by atoms with Crippen LogP contribution in [0.1, 0.15) is 24.9 Å². The molecule has 3 nitrogen and oxygen atoms in total. The summed E-state index contributed by atoms with van der Waals surface area (Å²) in [5.74, 6) is 0. The van der Waals surface area contributed by atoms with E-state index in [-0.39, 0.29) is 6.04 Å². The molecular weight excluding hydrogens is 285 g/mol. The van der Waals surface area contributed by atoms with Crippen molar-refractivity contribution in [2.45, 2.75) is 19.4 Å². The molecular formula is C14H21Cl2NO2. The molecule has 5 heteroatoms. The Morgan fingerprint density at radius 1 is 1.26 bits per heavy atom. The lowest BCUT2D eigenvalue weighted by atomic mass is 10.1. The van der Waals surface area contributed by atoms with Gasteiger partial charge >= 0.3 is 0 Å². The summed E-state index contributed by atoms with van der Waals surface area (Å²) >= 11 is 12.3. The van der Waals surface area contributed by atoms with Crippen LogP contribution in [0.5, 0.6) is 0 Å². The molecule has 19 heavy (non-hydrogen) atoms. The summed E-state index contributed by atoms with van der Waals surface area (Å²) in [6, 6.07) is 5.53. The Hall–Kier alpha value is -0.320. The topological polar surface area (TPSA) is 30.5 Å². The van der Waals surface area contributed by atoms with Gasteiger partial charge in [0.05, 0.1) is 25.9 Å². The van der Waals surface area contributed by atoms with Gasteiger partial charge in [0, 0.05) is 17.2 Å². The van der Waals surface area contributed by atoms with E-state index >= 15 is 0 Å². The van der Waals surface area contributed by atoms with Crippen LogP contribution < -0.4 is 5.32 Å². The molecule has 0 spiro atoms. The molecule has 1 rings (SSSR count). The maximum Gasteiger partial charge on any atom is 0.0701 e. The molecule has 0 amide bonds. The van der Waals surface area contributed by atoms with Gasteiger partial charge in [0.2, 0.25) is 0 Å². The predicted molar refractivity (Wildman–Crippen MR) is 80.2 cm³/mol. The lowest BCUT2D eigenvalue weighted by Crippen LogP contribution is -2.27. The van der Waals surface area contributed by atoms with Gasteiger partial charge in [-0.1, -0.05) is 30.1 Å². The second kappa shape index (κ2) is 9.56. The molecule has 1 aromatic rings. The standard InChI is InChI=1S/C14H21Cl2NO2/c1-3-6-17-14(10-19-8-7-18-2)12-9-11(15)4-5-13(12)16/h4-5,9,14,17H,3,6-8,10H2,1-2H3. The molecule has 0 aromatic heterocycles. The number of methoxy groups -OCH3 is 1. The van der Waals surface area contributed by atoms with Gasteiger partial charge in [0.1, 0.15) is 0 Å². The fourth-order valence-electron chi connectivity index (χ4n) is 1.70. The van der Waals surface area contributed by atoms with Crippen LogP contribution in [-0.4, -0.2) is 33.5 Å². The van der Waals surface area contributed by atoms with Crippen molar-refractivity contribution in [1.29, 1.82) is 0 Å². The van der Waals surface area contributed by atoms with Crippen LogP contribution in [0, 0.1) is 0 Å². The van der Waals surface area contributed by atoms with Gasteiger partial charge in [-0.25, -0.2) is 0 Å². The van der Waals surface area contributed by atoms with Crippen LogP contribution in [0.25, 0.3) is 0 Å². The van der Waals surface area contributed by atoms with E-state index in [1.807, 2.05) is 12.1 Å². The summed E-state index contributed by atoms with van der Waals surface area (Å²) in [4.78, 5) is 0. The van der Waals surface area contributed by atoms with E-state index in [0.717, 1.165) is 18.5 Å². The second-order valence-corrected chi connectivity index (χ2v) is 5.08. The van der Waals surface area contributed by atoms with Gasteiger partial charge in [0.25, 0.3) is 0 Å². The largest absolute Gasteiger partial charge is 0.382 e. The molecule has 0 heterocycles. The monoisotopic (exact) mass is 305 g/mol. The second-order valence-electron chi connectivity index (χ2n) is 4.24. The zero-order chi connectivity index (χ0) is 14.1. The molecule has 0 aliphatic rings. The molecule has 0 fully saturated rings. The van der Waals surface area contributed by atoms with Gasteiger partial charge < -0.3 is 14.8 Å². The molecule has 0 radical (unpaired) electrons. The lowest BCUT2D eigenvalue weighted by Gasteiger charge is -2.20. The molecule has 0 saturated heterocycles. The molecule has 0 aliphatic carbocycles. The van der Waals surface area contributed by atoms with E-state index in [0.29, 0.717) is 29.9 Å². The zero-order valence-electron chi connectivity index (χ0n) is 11.4. The van der Waals surface area contributed by atoms with Crippen LogP contribution in [0.2, 0.25) is 10.0 Å². The van der Waals surface area contributed by atoms with Crippen molar-refractivity contribution in [3.63, 3.8) is 0 Å². The number of rotatable bonds is 9. The maximum atomic E-state index is 6.23. The van der Waals surface area contributed by atoms with E-state index < -0.39 is 0 Å². The summed E-state index contributed by atoms with van der Waals surface area (Å²) in [5, 5.41) is 4.80. The highest BCUT2D eigenvalue weighted by atomic mass is 35.5. The van der Waals surface area contributed by atoms with Gasteiger partial charge in [0.15, 0.2) is 0 Å². The molecule has 0 bridgehead atoms. The lowest BCUT2D eigenvalue weighted by molar-refractivity contribution is 0.0586. The quantitative estimate of drug-likeness (QED) is 0.706. The molecule has 1 N–H and O–H groups in total. The highest BCUT2D eigenvalue weighted by Crippen LogP contribution is 2.26. The van der Waals surface area contributed by atoms with Crippen LogP contribution in [0.4, 0.5) is 0 Å². The first-order valence-corrected chi connectivity index (χ1v) is 7.19. The van der Waals surface area contributed by atoms with E-state index in [1.165, 1.54) is 0 Å². The Labute approximate surface area is 125 Å². The third-order valence-corrected chi connectivity index (χ3v) is 3.27. The zero-order valence-corrected chi connectivity index (χ0v) is 12.9. The summed E-state index contributed by atoms with van der Waals surface area (Å²) in [5.41, 5.74) is 0.972. The summed E-state index contributed by atoms with van der Waals surface area (Å²) < 4.78 is 10.6. The fraction of sp³-hybridized carbons (Fsp3) is 0.571. The predicted octanol–water partition coefficient (Wildman–Crippen LogP) is 3.70. The van der Waals surface area contributed by atoms with Crippen molar-refractivity contribution in [3.8, 4) is 0 Å². The average molecular weight is 306 g/mol. The van der Waals surface area contributed by atoms with Crippen molar-refractivity contribution in [2.75, 3.05) is 33.5 Å². The molecule has 0 aliphatic heterocycles. The van der Waals surface area contributed by atoms with E-state index in [9.17, 15) is 0 Å². The minimum Gasteiger partial charge on any atom is -0.382 e. The Bertz CT molecular complexity index is 374. The van der Waals surface area contributed by atoms with Crippen molar-refractivity contribution < 1.29 is 9.47 Å². The smallest absolute Gasteiger partial charge is 0.0701 e. The molecule has 1 unspecified atom stereocenters. The van der Waals surface area contributed by atoms with Gasteiger partial charge in [-0.05, 0) is 36.7 Å². The van der Waals surface area contributed by atoms with E-state index in [2.05, 4.69) is 12.2 Å². The minimum absolute atomic E-state index is 0.0445. The minimum atomic E-state index is 0.0445. The third-order valence-electron chi connectivity index (χ3n) is 2.69. The molecule has 1 aromatic carbocycles. The Balaban J connectivity index is 2.68. The third kappa shape index (κ3) is 6.11. The Kier molecular flexibility index (Phi) is 8.42. The number of ether oxygens (including phenoxy) is 2. The number of hydrogen-bond acceptors (Lipinski definition) is 3. The van der Waals surface area contributed by atoms with E-state index in [1.54, 1.807) is 13.2 Å². The number of benzene rings is 1. The molecule has 108 valence electrons. The normalized spacial score (nSPS) is 12.6. The highest BCUT2D eigenvalue weighted by Gasteiger charge is 2.14. The first-order valence-electron chi connectivity index (χ1n) is 6.44. The van der Waals surface area contributed by atoms with Crippen LogP contribution in [0.3, 0.4) is 0 Å². The van der Waals surface area contributed by atoms with Gasteiger partial charge in [-0.2, -0.15) is 0 Å². The fourth-order valence-corrected chi connectivity index (χ4v) is 2.13. The van der Waals surface area contributed by atoms with Crippen molar-refractivity contribution in [2.24, 2.45) is 0 Å².